The van der Waals surface area contributed by atoms with Gasteiger partial charge >= 0.3 is 5.51 Å². The molecule has 24 heavy (non-hydrogen) atoms. The third-order valence-electron chi connectivity index (χ3n) is 3.33. The van der Waals surface area contributed by atoms with Gasteiger partial charge in [0.2, 0.25) is 5.91 Å². The van der Waals surface area contributed by atoms with Crippen LogP contribution in [-0.2, 0) is 11.2 Å². The number of alkyl halides is 3. The molecule has 0 aliphatic carbocycles. The molecule has 0 aliphatic rings. The molecule has 1 aromatic heterocycles. The van der Waals surface area contributed by atoms with Crippen molar-refractivity contribution >= 4 is 17.7 Å². The van der Waals surface area contributed by atoms with Crippen molar-refractivity contribution in [2.24, 2.45) is 0 Å². The van der Waals surface area contributed by atoms with E-state index in [0.717, 1.165) is 11.3 Å². The second-order valence-electron chi connectivity index (χ2n) is 5.20. The van der Waals surface area contributed by atoms with Gasteiger partial charge < -0.3 is 9.42 Å². The molecule has 0 saturated heterocycles. The van der Waals surface area contributed by atoms with Crippen LogP contribution < -0.4 is 0 Å². The summed E-state index contributed by atoms with van der Waals surface area (Å²) in [6.45, 7) is 0.360. The number of benzene rings is 1. The van der Waals surface area contributed by atoms with Gasteiger partial charge in [0.15, 0.2) is 0 Å². The Hall–Kier alpha value is -1.96. The molecule has 0 N–H and O–H groups in total. The van der Waals surface area contributed by atoms with Crippen LogP contribution >= 0.6 is 11.8 Å². The number of carbonyl (C=O) groups is 1. The minimum absolute atomic E-state index is 0.319. The fraction of sp³-hybridized carbons (Fsp3) is 0.375. The minimum Gasteiger partial charge on any atom is -0.361 e. The summed E-state index contributed by atoms with van der Waals surface area (Å²) in [6.07, 6.45) is 1.15. The lowest BCUT2D eigenvalue weighted by Gasteiger charge is -2.16. The Morgan fingerprint density at radius 3 is 2.67 bits per heavy atom. The highest BCUT2D eigenvalue weighted by Gasteiger charge is 2.29. The van der Waals surface area contributed by atoms with E-state index in [0.29, 0.717) is 25.1 Å². The number of thioether (sulfide) groups is 1. The Labute approximate surface area is 142 Å². The van der Waals surface area contributed by atoms with Crippen LogP contribution in [0.15, 0.2) is 40.9 Å². The Bertz CT molecular complexity index is 659. The Balaban J connectivity index is 1.76. The maximum absolute atomic E-state index is 12.1. The molecule has 0 spiro atoms. The first-order chi connectivity index (χ1) is 11.3. The van der Waals surface area contributed by atoms with E-state index in [9.17, 15) is 18.0 Å². The summed E-state index contributed by atoms with van der Waals surface area (Å²) in [7, 11) is 1.50. The molecule has 2 aromatic rings. The average molecular weight is 358 g/mol. The average Bonchev–Trinajstić information content (AvgIpc) is 3.01. The highest BCUT2D eigenvalue weighted by Crippen LogP contribution is 2.30. The highest BCUT2D eigenvalue weighted by molar-refractivity contribution is 8.00. The van der Waals surface area contributed by atoms with Gasteiger partial charge in [-0.25, -0.2) is 0 Å². The molecule has 0 fully saturated rings. The second-order valence-corrected chi connectivity index (χ2v) is 6.24. The molecule has 0 atom stereocenters. The molecular formula is C16H17F3N2O2S. The van der Waals surface area contributed by atoms with Gasteiger partial charge in [0, 0.05) is 31.6 Å². The lowest BCUT2D eigenvalue weighted by Crippen LogP contribution is -2.30. The van der Waals surface area contributed by atoms with Gasteiger partial charge in [-0.2, -0.15) is 13.2 Å². The quantitative estimate of drug-likeness (QED) is 0.751. The van der Waals surface area contributed by atoms with Gasteiger partial charge in [0.25, 0.3) is 0 Å². The van der Waals surface area contributed by atoms with Crippen molar-refractivity contribution in [3.8, 4) is 11.3 Å². The standard InChI is InChI=1S/C16H17F3N2O2S/c1-21(15(22)11-24-16(17,18)19)9-5-8-13-10-14(20-23-13)12-6-3-2-4-7-12/h2-4,6-7,10H,5,8-9,11H2,1H3. The molecule has 8 heteroatoms. The van der Waals surface area contributed by atoms with Crippen LogP contribution in [0.5, 0.6) is 0 Å². The van der Waals surface area contributed by atoms with Crippen LogP contribution in [0.3, 0.4) is 0 Å². The Kier molecular flexibility index (Phi) is 6.30. The van der Waals surface area contributed by atoms with Gasteiger partial charge in [0.1, 0.15) is 11.5 Å². The molecule has 2 rings (SSSR count). The van der Waals surface area contributed by atoms with Gasteiger partial charge in [-0.05, 0) is 18.2 Å². The molecule has 0 radical (unpaired) electrons. The van der Waals surface area contributed by atoms with E-state index in [2.05, 4.69) is 5.16 Å². The van der Waals surface area contributed by atoms with E-state index >= 15 is 0 Å². The van der Waals surface area contributed by atoms with Crippen molar-refractivity contribution in [2.75, 3.05) is 19.3 Å². The first-order valence-corrected chi connectivity index (χ1v) is 8.29. The van der Waals surface area contributed by atoms with Crippen molar-refractivity contribution in [2.45, 2.75) is 18.3 Å². The zero-order chi connectivity index (χ0) is 17.6. The smallest absolute Gasteiger partial charge is 0.361 e. The van der Waals surface area contributed by atoms with Crippen molar-refractivity contribution in [3.05, 3.63) is 42.2 Å². The number of hydrogen-bond acceptors (Lipinski definition) is 4. The van der Waals surface area contributed by atoms with Gasteiger partial charge in [-0.3, -0.25) is 4.79 Å². The van der Waals surface area contributed by atoms with E-state index < -0.39 is 17.2 Å². The van der Waals surface area contributed by atoms with Crippen LogP contribution in [0.1, 0.15) is 12.2 Å². The molecule has 0 aliphatic heterocycles. The topological polar surface area (TPSA) is 46.3 Å². The number of halogens is 3. The normalized spacial score (nSPS) is 11.5. The Morgan fingerprint density at radius 1 is 1.29 bits per heavy atom. The molecule has 1 amide bonds. The maximum Gasteiger partial charge on any atom is 0.442 e. The number of hydrogen-bond donors (Lipinski definition) is 0. The van der Waals surface area contributed by atoms with E-state index in [4.69, 9.17) is 4.52 Å². The van der Waals surface area contributed by atoms with Crippen LogP contribution in [0.2, 0.25) is 0 Å². The molecule has 1 aromatic carbocycles. The highest BCUT2D eigenvalue weighted by atomic mass is 32.2. The maximum atomic E-state index is 12.1. The molecular weight excluding hydrogens is 341 g/mol. The zero-order valence-electron chi connectivity index (χ0n) is 13.0. The number of nitrogens with zero attached hydrogens (tertiary/aromatic N) is 2. The molecule has 130 valence electrons. The lowest BCUT2D eigenvalue weighted by molar-refractivity contribution is -0.127. The summed E-state index contributed by atoms with van der Waals surface area (Å²) < 4.78 is 41.5. The number of rotatable bonds is 7. The monoisotopic (exact) mass is 358 g/mol. The van der Waals surface area contributed by atoms with Crippen molar-refractivity contribution in [3.63, 3.8) is 0 Å². The van der Waals surface area contributed by atoms with E-state index in [1.807, 2.05) is 36.4 Å². The van der Waals surface area contributed by atoms with Crippen molar-refractivity contribution in [1.29, 1.82) is 0 Å². The summed E-state index contributed by atoms with van der Waals surface area (Å²) in [5, 5.41) is 3.99. The van der Waals surface area contributed by atoms with Crippen LogP contribution in [0.4, 0.5) is 13.2 Å². The number of carbonyl (C=O) groups excluding carboxylic acids is 1. The summed E-state index contributed by atoms with van der Waals surface area (Å²) in [5.74, 6) is -0.459. The van der Waals surface area contributed by atoms with Crippen LogP contribution in [0.25, 0.3) is 11.3 Å². The SMILES string of the molecule is CN(CCCc1cc(-c2ccccc2)no1)C(=O)CSC(F)(F)F. The third-order valence-corrected chi connectivity index (χ3v) is 4.05. The minimum atomic E-state index is -4.38. The third kappa shape index (κ3) is 5.92. The summed E-state index contributed by atoms with van der Waals surface area (Å²) in [6, 6.07) is 11.4. The fourth-order valence-electron chi connectivity index (χ4n) is 2.04. The summed E-state index contributed by atoms with van der Waals surface area (Å²) >= 11 is -0.319. The van der Waals surface area contributed by atoms with Crippen LogP contribution in [-0.4, -0.2) is 40.8 Å². The first-order valence-electron chi connectivity index (χ1n) is 7.31. The molecule has 4 nitrogen and oxygen atoms in total. The predicted molar refractivity (Wildman–Crippen MR) is 86.4 cm³/mol. The first kappa shape index (κ1) is 18.4. The van der Waals surface area contributed by atoms with Gasteiger partial charge in [0.05, 0.1) is 5.75 Å². The lowest BCUT2D eigenvalue weighted by atomic mass is 10.1. The van der Waals surface area contributed by atoms with Gasteiger partial charge in [-0.15, -0.1) is 0 Å². The molecule has 0 saturated carbocycles. The predicted octanol–water partition coefficient (Wildman–Crippen LogP) is 3.99. The molecule has 0 unspecified atom stereocenters. The molecule has 1 heterocycles. The summed E-state index contributed by atoms with van der Waals surface area (Å²) in [4.78, 5) is 12.9. The van der Waals surface area contributed by atoms with E-state index in [-0.39, 0.29) is 11.8 Å². The number of amides is 1. The molecule has 0 bridgehead atoms. The van der Waals surface area contributed by atoms with Crippen molar-refractivity contribution in [1.82, 2.24) is 10.1 Å². The van der Waals surface area contributed by atoms with E-state index in [1.165, 1.54) is 11.9 Å². The number of aryl methyl sites for hydroxylation is 1. The zero-order valence-corrected chi connectivity index (χ0v) is 13.9. The number of aromatic nitrogens is 1. The van der Waals surface area contributed by atoms with Crippen LogP contribution in [0, 0.1) is 0 Å². The largest absolute Gasteiger partial charge is 0.442 e. The van der Waals surface area contributed by atoms with E-state index in [1.54, 1.807) is 0 Å². The van der Waals surface area contributed by atoms with Gasteiger partial charge in [-0.1, -0.05) is 35.5 Å². The fourth-order valence-corrected chi connectivity index (χ4v) is 2.55. The van der Waals surface area contributed by atoms with Crippen molar-refractivity contribution < 1.29 is 22.5 Å². The second kappa shape index (κ2) is 8.23. The summed E-state index contributed by atoms with van der Waals surface area (Å²) in [5.41, 5.74) is -2.70. The Morgan fingerprint density at radius 2 is 2.00 bits per heavy atom.